The SMILES string of the molecule is O=c1[nH]c(Cn2c(CCl)nc3cc(F)c(Br)cc32)cs1. The number of H-pyrrole nitrogens is 1. The van der Waals surface area contributed by atoms with Gasteiger partial charge in [-0.2, -0.15) is 0 Å². The molecule has 3 rings (SSSR count). The number of rotatable bonds is 3. The van der Waals surface area contributed by atoms with Crippen LogP contribution in [0.15, 0.2) is 26.8 Å². The minimum absolute atomic E-state index is 0.107. The second kappa shape index (κ2) is 5.31. The number of benzene rings is 1. The molecule has 0 aliphatic rings. The molecule has 0 spiro atoms. The van der Waals surface area contributed by atoms with Crippen molar-refractivity contribution in [2.45, 2.75) is 12.4 Å². The van der Waals surface area contributed by atoms with Gasteiger partial charge in [0.25, 0.3) is 0 Å². The van der Waals surface area contributed by atoms with Gasteiger partial charge in [0.1, 0.15) is 11.6 Å². The summed E-state index contributed by atoms with van der Waals surface area (Å²) in [6.07, 6.45) is 0. The van der Waals surface area contributed by atoms with Crippen LogP contribution in [-0.4, -0.2) is 14.5 Å². The highest BCUT2D eigenvalue weighted by Gasteiger charge is 2.13. The van der Waals surface area contributed by atoms with Crippen molar-refractivity contribution < 1.29 is 4.39 Å². The number of hydrogen-bond acceptors (Lipinski definition) is 3. The maximum atomic E-state index is 13.5. The quantitative estimate of drug-likeness (QED) is 0.712. The molecule has 0 atom stereocenters. The first kappa shape index (κ1) is 13.8. The van der Waals surface area contributed by atoms with E-state index in [1.807, 2.05) is 4.57 Å². The third-order valence-corrected chi connectivity index (χ3v) is 4.45. The lowest BCUT2D eigenvalue weighted by atomic mass is 10.3. The van der Waals surface area contributed by atoms with E-state index in [4.69, 9.17) is 11.6 Å². The van der Waals surface area contributed by atoms with E-state index in [0.717, 1.165) is 22.5 Å². The van der Waals surface area contributed by atoms with Gasteiger partial charge in [0.15, 0.2) is 0 Å². The molecular formula is C12H8BrClFN3OS. The van der Waals surface area contributed by atoms with E-state index in [-0.39, 0.29) is 16.6 Å². The van der Waals surface area contributed by atoms with Gasteiger partial charge in [-0.15, -0.1) is 11.6 Å². The molecule has 8 heteroatoms. The molecule has 20 heavy (non-hydrogen) atoms. The number of hydrogen-bond donors (Lipinski definition) is 1. The van der Waals surface area contributed by atoms with Gasteiger partial charge in [-0.05, 0) is 22.0 Å². The van der Waals surface area contributed by atoms with E-state index < -0.39 is 0 Å². The third-order valence-electron chi connectivity index (χ3n) is 2.89. The van der Waals surface area contributed by atoms with Gasteiger partial charge in [0, 0.05) is 17.1 Å². The number of nitrogens with zero attached hydrogens (tertiary/aromatic N) is 2. The van der Waals surface area contributed by atoms with Crippen LogP contribution in [0.4, 0.5) is 4.39 Å². The summed E-state index contributed by atoms with van der Waals surface area (Å²) >= 11 is 10.2. The fraction of sp³-hybridized carbons (Fsp3) is 0.167. The molecule has 0 amide bonds. The minimum Gasteiger partial charge on any atom is -0.321 e. The van der Waals surface area contributed by atoms with Gasteiger partial charge in [0.2, 0.25) is 0 Å². The zero-order valence-corrected chi connectivity index (χ0v) is 13.1. The van der Waals surface area contributed by atoms with Crippen molar-refractivity contribution in [3.8, 4) is 0 Å². The first-order valence-corrected chi connectivity index (χ1v) is 7.86. The largest absolute Gasteiger partial charge is 0.321 e. The number of halogens is 3. The lowest BCUT2D eigenvalue weighted by Gasteiger charge is -2.06. The van der Waals surface area contributed by atoms with Crippen LogP contribution in [-0.2, 0) is 12.4 Å². The summed E-state index contributed by atoms with van der Waals surface area (Å²) in [5, 5.41) is 1.75. The smallest absolute Gasteiger partial charge is 0.304 e. The lowest BCUT2D eigenvalue weighted by Crippen LogP contribution is -2.06. The second-order valence-corrected chi connectivity index (χ2v) is 6.14. The molecule has 0 aliphatic heterocycles. The number of aromatic amines is 1. The van der Waals surface area contributed by atoms with Gasteiger partial charge in [-0.3, -0.25) is 4.79 Å². The van der Waals surface area contributed by atoms with E-state index in [1.54, 1.807) is 11.4 Å². The van der Waals surface area contributed by atoms with Crippen LogP contribution >= 0.6 is 38.9 Å². The van der Waals surface area contributed by atoms with Gasteiger partial charge in [-0.1, -0.05) is 11.3 Å². The zero-order valence-electron chi connectivity index (χ0n) is 9.99. The number of alkyl halides is 1. The molecule has 0 unspecified atom stereocenters. The summed E-state index contributed by atoms with van der Waals surface area (Å²) in [6, 6.07) is 3.03. The van der Waals surface area contributed by atoms with E-state index in [1.165, 1.54) is 6.07 Å². The lowest BCUT2D eigenvalue weighted by molar-refractivity contribution is 0.622. The van der Waals surface area contributed by atoms with Crippen molar-refractivity contribution in [3.63, 3.8) is 0 Å². The van der Waals surface area contributed by atoms with Gasteiger partial charge >= 0.3 is 4.87 Å². The predicted octanol–water partition coefficient (Wildman–Crippen LogP) is 3.47. The van der Waals surface area contributed by atoms with Crippen LogP contribution in [0.25, 0.3) is 11.0 Å². The summed E-state index contributed by atoms with van der Waals surface area (Å²) in [4.78, 5) is 18.1. The fourth-order valence-electron chi connectivity index (χ4n) is 2.01. The van der Waals surface area contributed by atoms with Gasteiger partial charge < -0.3 is 9.55 Å². The van der Waals surface area contributed by atoms with E-state index >= 15 is 0 Å². The Hall–Kier alpha value is -1.18. The number of nitrogens with one attached hydrogen (secondary N) is 1. The Labute approximate surface area is 130 Å². The van der Waals surface area contributed by atoms with Crippen LogP contribution in [0.3, 0.4) is 0 Å². The maximum absolute atomic E-state index is 13.5. The molecule has 3 aromatic rings. The van der Waals surface area contributed by atoms with Crippen LogP contribution in [0, 0.1) is 5.82 Å². The molecule has 0 radical (unpaired) electrons. The Morgan fingerprint density at radius 1 is 1.50 bits per heavy atom. The third kappa shape index (κ3) is 2.41. The number of thiazole rings is 1. The first-order chi connectivity index (χ1) is 9.58. The average molecular weight is 377 g/mol. The molecule has 2 aromatic heterocycles. The fourth-order valence-corrected chi connectivity index (χ4v) is 3.12. The Bertz CT molecular complexity index is 841. The second-order valence-electron chi connectivity index (χ2n) is 4.18. The van der Waals surface area contributed by atoms with Crippen molar-refractivity contribution in [1.82, 2.24) is 14.5 Å². The topological polar surface area (TPSA) is 50.7 Å². The molecule has 2 heterocycles. The van der Waals surface area contributed by atoms with Crippen LogP contribution in [0.1, 0.15) is 11.5 Å². The average Bonchev–Trinajstić information content (AvgIpc) is 2.96. The maximum Gasteiger partial charge on any atom is 0.304 e. The Balaban J connectivity index is 2.16. The van der Waals surface area contributed by atoms with Crippen molar-refractivity contribution in [3.05, 3.63) is 49.0 Å². The van der Waals surface area contributed by atoms with Gasteiger partial charge in [-0.25, -0.2) is 9.37 Å². The summed E-state index contributed by atoms with van der Waals surface area (Å²) in [7, 11) is 0. The summed E-state index contributed by atoms with van der Waals surface area (Å²) in [5.41, 5.74) is 2.08. The molecule has 0 aliphatic carbocycles. The van der Waals surface area contributed by atoms with E-state index in [0.29, 0.717) is 22.4 Å². The van der Waals surface area contributed by atoms with Crippen LogP contribution < -0.4 is 4.87 Å². The molecule has 104 valence electrons. The number of aromatic nitrogens is 3. The molecule has 1 N–H and O–H groups in total. The highest BCUT2D eigenvalue weighted by molar-refractivity contribution is 9.10. The van der Waals surface area contributed by atoms with Gasteiger partial charge in [0.05, 0.1) is 27.9 Å². The predicted molar refractivity (Wildman–Crippen MR) is 81.0 cm³/mol. The summed E-state index contributed by atoms with van der Waals surface area (Å²) in [6.45, 7) is 0.440. The number of fused-ring (bicyclic) bond motifs is 1. The van der Waals surface area contributed by atoms with Crippen molar-refractivity contribution in [2.24, 2.45) is 0 Å². The van der Waals surface area contributed by atoms with Crippen molar-refractivity contribution in [1.29, 1.82) is 0 Å². The number of imidazole rings is 1. The van der Waals surface area contributed by atoms with E-state index in [9.17, 15) is 9.18 Å². The molecule has 0 saturated carbocycles. The van der Waals surface area contributed by atoms with Crippen LogP contribution in [0.2, 0.25) is 0 Å². The highest BCUT2D eigenvalue weighted by atomic mass is 79.9. The Kier molecular flexibility index (Phi) is 3.66. The normalized spacial score (nSPS) is 11.3. The Morgan fingerprint density at radius 3 is 2.95 bits per heavy atom. The molecule has 0 fully saturated rings. The zero-order chi connectivity index (χ0) is 14.3. The molecule has 0 saturated heterocycles. The summed E-state index contributed by atoms with van der Waals surface area (Å²) in [5.74, 6) is 0.473. The van der Waals surface area contributed by atoms with Crippen molar-refractivity contribution >= 4 is 49.9 Å². The van der Waals surface area contributed by atoms with Crippen molar-refractivity contribution in [2.75, 3.05) is 0 Å². The molecule has 1 aromatic carbocycles. The van der Waals surface area contributed by atoms with Crippen LogP contribution in [0.5, 0.6) is 0 Å². The highest BCUT2D eigenvalue weighted by Crippen LogP contribution is 2.25. The molecule has 4 nitrogen and oxygen atoms in total. The minimum atomic E-state index is -0.368. The first-order valence-electron chi connectivity index (χ1n) is 5.65. The molecule has 0 bridgehead atoms. The monoisotopic (exact) mass is 375 g/mol. The molecular weight excluding hydrogens is 369 g/mol. The Morgan fingerprint density at radius 2 is 2.30 bits per heavy atom. The van der Waals surface area contributed by atoms with E-state index in [2.05, 4.69) is 25.9 Å². The summed E-state index contributed by atoms with van der Waals surface area (Å²) < 4.78 is 15.8. The standard InChI is InChI=1S/C12H8BrClFN3OS/c13-7-1-10-9(2-8(7)15)17-11(3-14)18(10)4-6-5-20-12(19)16-6/h1-2,5H,3-4H2,(H,16,19).